The highest BCUT2D eigenvalue weighted by Crippen LogP contribution is 2.17. The molecular formula is C18H16N4O2. The lowest BCUT2D eigenvalue weighted by Crippen LogP contribution is -2.27. The molecule has 0 spiro atoms. The van der Waals surface area contributed by atoms with Gasteiger partial charge in [0.2, 0.25) is 0 Å². The van der Waals surface area contributed by atoms with E-state index < -0.39 is 0 Å². The summed E-state index contributed by atoms with van der Waals surface area (Å²) in [5.74, 6) is 0. The molecule has 3 aromatic rings. The minimum atomic E-state index is -0.379. The molecule has 0 aliphatic heterocycles. The van der Waals surface area contributed by atoms with Crippen LogP contribution in [-0.2, 0) is 0 Å². The van der Waals surface area contributed by atoms with Gasteiger partial charge in [-0.05, 0) is 13.8 Å². The van der Waals surface area contributed by atoms with E-state index in [1.165, 1.54) is 0 Å². The molecule has 3 aromatic heterocycles. The molecule has 0 aliphatic rings. The van der Waals surface area contributed by atoms with Gasteiger partial charge in [0.05, 0.1) is 11.4 Å². The zero-order valence-corrected chi connectivity index (χ0v) is 13.5. The van der Waals surface area contributed by atoms with E-state index in [1.54, 1.807) is 50.3 Å². The van der Waals surface area contributed by atoms with Crippen molar-refractivity contribution in [3.05, 3.63) is 80.7 Å². The Balaban J connectivity index is 2.54. The number of hydrogen-bond donors (Lipinski definition) is 0. The normalized spacial score (nSPS) is 12.1. The first-order chi connectivity index (χ1) is 11.5. The Kier molecular flexibility index (Phi) is 3.73. The van der Waals surface area contributed by atoms with Gasteiger partial charge in [-0.1, -0.05) is 49.6 Å². The molecule has 0 radical (unpaired) electrons. The van der Waals surface area contributed by atoms with Crippen molar-refractivity contribution < 1.29 is 0 Å². The summed E-state index contributed by atoms with van der Waals surface area (Å²) in [6.07, 6.45) is 10.0. The van der Waals surface area contributed by atoms with E-state index in [9.17, 15) is 9.59 Å². The van der Waals surface area contributed by atoms with E-state index in [1.807, 2.05) is 0 Å². The quantitative estimate of drug-likeness (QED) is 0.691. The van der Waals surface area contributed by atoms with E-state index in [2.05, 4.69) is 23.4 Å². The third kappa shape index (κ3) is 2.11. The van der Waals surface area contributed by atoms with Crippen LogP contribution in [-0.4, -0.2) is 19.2 Å². The SMILES string of the molecule is C=C/C=C\c1c(C)nn2c(=O)c3c(/C=C\C=C)c(C)nn3c(=O)c12. The average Bonchev–Trinajstić information content (AvgIpc) is 3.06. The molecule has 0 atom stereocenters. The second kappa shape index (κ2) is 5.73. The highest BCUT2D eigenvalue weighted by atomic mass is 16.2. The Morgan fingerprint density at radius 2 is 1.17 bits per heavy atom. The lowest BCUT2D eigenvalue weighted by molar-refractivity contribution is 0.837. The Bertz CT molecular complexity index is 1050. The van der Waals surface area contributed by atoms with Crippen LogP contribution in [0.1, 0.15) is 22.5 Å². The van der Waals surface area contributed by atoms with Crippen LogP contribution in [0.4, 0.5) is 0 Å². The average molecular weight is 320 g/mol. The molecule has 0 aliphatic carbocycles. The highest BCUT2D eigenvalue weighted by molar-refractivity contribution is 5.76. The molecule has 0 fully saturated rings. The van der Waals surface area contributed by atoms with Gasteiger partial charge in [-0.15, -0.1) is 0 Å². The topological polar surface area (TPSA) is 68.7 Å². The maximum atomic E-state index is 12.9. The molecule has 6 heteroatoms. The van der Waals surface area contributed by atoms with Crippen LogP contribution in [0.5, 0.6) is 0 Å². The first-order valence-electron chi connectivity index (χ1n) is 7.38. The van der Waals surface area contributed by atoms with Crippen LogP contribution < -0.4 is 11.1 Å². The van der Waals surface area contributed by atoms with Gasteiger partial charge >= 0.3 is 0 Å². The summed E-state index contributed by atoms with van der Waals surface area (Å²) in [5.41, 5.74) is 2.04. The number of nitrogens with zero attached hydrogens (tertiary/aromatic N) is 4. The second-order valence-corrected chi connectivity index (χ2v) is 5.32. The van der Waals surface area contributed by atoms with E-state index in [-0.39, 0.29) is 22.2 Å². The number of allylic oxidation sites excluding steroid dienone is 4. The van der Waals surface area contributed by atoms with Crippen molar-refractivity contribution in [3.8, 4) is 0 Å². The molecule has 3 heterocycles. The molecule has 0 saturated carbocycles. The fourth-order valence-corrected chi connectivity index (χ4v) is 2.71. The summed E-state index contributed by atoms with van der Waals surface area (Å²) < 4.78 is 2.31. The molecule has 3 rings (SSSR count). The predicted molar refractivity (Wildman–Crippen MR) is 95.6 cm³/mol. The molecular weight excluding hydrogens is 304 g/mol. The summed E-state index contributed by atoms with van der Waals surface area (Å²) in [6.45, 7) is 10.7. The summed E-state index contributed by atoms with van der Waals surface area (Å²) in [6, 6.07) is 0. The van der Waals surface area contributed by atoms with Gasteiger partial charge in [-0.2, -0.15) is 19.2 Å². The number of aryl methyl sites for hydroxylation is 2. The first kappa shape index (κ1) is 15.6. The predicted octanol–water partition coefficient (Wildman–Crippen LogP) is 2.16. The zero-order valence-electron chi connectivity index (χ0n) is 13.5. The van der Waals surface area contributed by atoms with Gasteiger partial charge in [0, 0.05) is 11.1 Å². The van der Waals surface area contributed by atoms with E-state index in [0.717, 1.165) is 9.03 Å². The van der Waals surface area contributed by atoms with Gasteiger partial charge in [0.1, 0.15) is 11.0 Å². The van der Waals surface area contributed by atoms with Crippen molar-refractivity contribution in [2.75, 3.05) is 0 Å². The summed E-state index contributed by atoms with van der Waals surface area (Å²) in [4.78, 5) is 25.7. The monoisotopic (exact) mass is 320 g/mol. The van der Waals surface area contributed by atoms with Crippen LogP contribution in [0.25, 0.3) is 23.2 Å². The van der Waals surface area contributed by atoms with Crippen molar-refractivity contribution in [3.63, 3.8) is 0 Å². The lowest BCUT2D eigenvalue weighted by atomic mass is 10.2. The third-order valence-corrected chi connectivity index (χ3v) is 3.80. The number of hydrogen-bond acceptors (Lipinski definition) is 4. The van der Waals surface area contributed by atoms with Crippen molar-refractivity contribution >= 4 is 23.2 Å². The smallest absolute Gasteiger partial charge is 0.265 e. The van der Waals surface area contributed by atoms with E-state index in [0.29, 0.717) is 22.5 Å². The Morgan fingerprint density at radius 3 is 1.50 bits per heavy atom. The van der Waals surface area contributed by atoms with Crippen molar-refractivity contribution in [2.45, 2.75) is 13.8 Å². The standard InChI is InChI=1S/C18H16N4O2/c1-5-7-9-13-11(3)19-21-15(13)17(23)22-16(18(21)24)14(10-8-6-2)12(4)20-22/h5-10H,1-2H2,3-4H3/b9-7-,10-8-. The number of fused-ring (bicyclic) bond motifs is 2. The lowest BCUT2D eigenvalue weighted by Gasteiger charge is -1.96. The van der Waals surface area contributed by atoms with Crippen molar-refractivity contribution in [1.82, 2.24) is 19.2 Å². The van der Waals surface area contributed by atoms with Crippen LogP contribution >= 0.6 is 0 Å². The summed E-state index contributed by atoms with van der Waals surface area (Å²) in [7, 11) is 0. The minimum absolute atomic E-state index is 0.213. The van der Waals surface area contributed by atoms with Gasteiger partial charge in [-0.25, -0.2) is 0 Å². The molecule has 0 amide bonds. The zero-order chi connectivity index (χ0) is 17.4. The first-order valence-corrected chi connectivity index (χ1v) is 7.38. The molecule has 120 valence electrons. The van der Waals surface area contributed by atoms with Crippen molar-refractivity contribution in [2.24, 2.45) is 0 Å². The van der Waals surface area contributed by atoms with Crippen molar-refractivity contribution in [1.29, 1.82) is 0 Å². The van der Waals surface area contributed by atoms with Crippen LogP contribution in [0.3, 0.4) is 0 Å². The Labute approximate surface area is 137 Å². The second-order valence-electron chi connectivity index (χ2n) is 5.32. The van der Waals surface area contributed by atoms with Gasteiger partial charge in [0.15, 0.2) is 0 Å². The maximum absolute atomic E-state index is 12.9. The largest absolute Gasteiger partial charge is 0.298 e. The molecule has 0 aromatic carbocycles. The van der Waals surface area contributed by atoms with Crippen LogP contribution in [0.15, 0.2) is 47.1 Å². The number of aromatic nitrogens is 4. The summed E-state index contributed by atoms with van der Waals surface area (Å²) >= 11 is 0. The minimum Gasteiger partial charge on any atom is -0.265 e. The Hall–Kier alpha value is -3.28. The van der Waals surface area contributed by atoms with E-state index in [4.69, 9.17) is 0 Å². The van der Waals surface area contributed by atoms with E-state index >= 15 is 0 Å². The highest BCUT2D eigenvalue weighted by Gasteiger charge is 2.21. The Morgan fingerprint density at radius 1 is 0.792 bits per heavy atom. The van der Waals surface area contributed by atoms with Gasteiger partial charge in [0.25, 0.3) is 11.1 Å². The summed E-state index contributed by atoms with van der Waals surface area (Å²) in [5, 5.41) is 8.48. The molecule has 0 unspecified atom stereocenters. The molecule has 0 saturated heterocycles. The number of rotatable bonds is 4. The van der Waals surface area contributed by atoms with Crippen LogP contribution in [0.2, 0.25) is 0 Å². The fraction of sp³-hybridized carbons (Fsp3) is 0.111. The molecule has 0 bridgehead atoms. The van der Waals surface area contributed by atoms with Gasteiger partial charge < -0.3 is 0 Å². The maximum Gasteiger partial charge on any atom is 0.298 e. The fourth-order valence-electron chi connectivity index (χ4n) is 2.71. The molecule has 0 N–H and O–H groups in total. The molecule has 24 heavy (non-hydrogen) atoms. The third-order valence-electron chi connectivity index (χ3n) is 3.80. The molecule has 6 nitrogen and oxygen atoms in total. The van der Waals surface area contributed by atoms with Crippen LogP contribution in [0, 0.1) is 13.8 Å². The van der Waals surface area contributed by atoms with Gasteiger partial charge in [-0.3, -0.25) is 9.59 Å².